The molecular formula is C13H26N4. The molecule has 4 nitrogen and oxygen atoms in total. The highest BCUT2D eigenvalue weighted by Gasteiger charge is 2.16. The second-order valence-electron chi connectivity index (χ2n) is 5.07. The van der Waals surface area contributed by atoms with E-state index in [1.165, 1.54) is 11.4 Å². The van der Waals surface area contributed by atoms with Gasteiger partial charge in [-0.25, -0.2) is 0 Å². The first-order valence-electron chi connectivity index (χ1n) is 6.41. The van der Waals surface area contributed by atoms with Gasteiger partial charge in [0.25, 0.3) is 0 Å². The maximum Gasteiger partial charge on any atom is 0.131 e. The number of rotatable bonds is 6. The van der Waals surface area contributed by atoms with E-state index in [4.69, 9.17) is 0 Å². The van der Waals surface area contributed by atoms with E-state index in [0.717, 1.165) is 25.3 Å². The summed E-state index contributed by atoms with van der Waals surface area (Å²) >= 11 is 0. The maximum atomic E-state index is 4.53. The number of aryl methyl sites for hydroxylation is 2. The number of nitrogens with one attached hydrogen (secondary N) is 1. The standard InChI is InChI=1S/C13H26N4/c1-7-14-8-12-11(4)15-17(6)13(12)16(5)9-10(2)3/h10,14H,7-9H2,1-6H3. The van der Waals surface area contributed by atoms with Gasteiger partial charge in [-0.3, -0.25) is 4.68 Å². The van der Waals surface area contributed by atoms with Crippen molar-refractivity contribution in [2.75, 3.05) is 25.0 Å². The average molecular weight is 238 g/mol. The van der Waals surface area contributed by atoms with Gasteiger partial charge in [0.05, 0.1) is 5.69 Å². The molecule has 1 aromatic heterocycles. The summed E-state index contributed by atoms with van der Waals surface area (Å²) in [6.07, 6.45) is 0. The molecule has 4 heteroatoms. The zero-order chi connectivity index (χ0) is 13.0. The van der Waals surface area contributed by atoms with Crippen LogP contribution in [0.25, 0.3) is 0 Å². The predicted molar refractivity (Wildman–Crippen MR) is 73.4 cm³/mol. The number of nitrogens with zero attached hydrogens (tertiary/aromatic N) is 3. The zero-order valence-corrected chi connectivity index (χ0v) is 12.0. The van der Waals surface area contributed by atoms with Gasteiger partial charge in [0.2, 0.25) is 0 Å². The van der Waals surface area contributed by atoms with Crippen LogP contribution in [0.5, 0.6) is 0 Å². The molecule has 0 amide bonds. The van der Waals surface area contributed by atoms with Gasteiger partial charge in [-0.1, -0.05) is 20.8 Å². The van der Waals surface area contributed by atoms with Crippen molar-refractivity contribution in [3.8, 4) is 0 Å². The highest BCUT2D eigenvalue weighted by molar-refractivity contribution is 5.49. The first-order chi connectivity index (χ1) is 7.97. The van der Waals surface area contributed by atoms with E-state index in [1.807, 2.05) is 11.7 Å². The van der Waals surface area contributed by atoms with Crippen LogP contribution in [0.2, 0.25) is 0 Å². The Morgan fingerprint density at radius 1 is 1.41 bits per heavy atom. The molecule has 0 aliphatic heterocycles. The van der Waals surface area contributed by atoms with E-state index in [2.05, 4.69) is 50.1 Å². The van der Waals surface area contributed by atoms with E-state index in [-0.39, 0.29) is 0 Å². The number of hydrogen-bond acceptors (Lipinski definition) is 3. The Bertz CT molecular complexity index is 355. The Morgan fingerprint density at radius 2 is 2.06 bits per heavy atom. The summed E-state index contributed by atoms with van der Waals surface area (Å²) in [5, 5.41) is 7.91. The fourth-order valence-electron chi connectivity index (χ4n) is 2.26. The molecule has 1 rings (SSSR count). The van der Waals surface area contributed by atoms with Gasteiger partial charge in [0, 0.05) is 32.7 Å². The molecule has 0 saturated carbocycles. The molecule has 1 heterocycles. The molecular weight excluding hydrogens is 212 g/mol. The van der Waals surface area contributed by atoms with Crippen molar-refractivity contribution in [3.63, 3.8) is 0 Å². The molecule has 17 heavy (non-hydrogen) atoms. The van der Waals surface area contributed by atoms with E-state index in [0.29, 0.717) is 5.92 Å². The average Bonchev–Trinajstić information content (AvgIpc) is 2.49. The van der Waals surface area contributed by atoms with Gasteiger partial charge in [-0.05, 0) is 19.4 Å². The second kappa shape index (κ2) is 6.05. The quantitative estimate of drug-likeness (QED) is 0.822. The van der Waals surface area contributed by atoms with Gasteiger partial charge >= 0.3 is 0 Å². The Hall–Kier alpha value is -1.03. The molecule has 0 saturated heterocycles. The van der Waals surface area contributed by atoms with Crippen LogP contribution in [0, 0.1) is 12.8 Å². The molecule has 1 aromatic rings. The fraction of sp³-hybridized carbons (Fsp3) is 0.769. The maximum absolute atomic E-state index is 4.53. The largest absolute Gasteiger partial charge is 0.359 e. The monoisotopic (exact) mass is 238 g/mol. The lowest BCUT2D eigenvalue weighted by atomic mass is 10.2. The summed E-state index contributed by atoms with van der Waals surface area (Å²) in [7, 11) is 4.17. The third-order valence-corrected chi connectivity index (χ3v) is 2.87. The van der Waals surface area contributed by atoms with Crippen LogP contribution in [0.1, 0.15) is 32.0 Å². The molecule has 98 valence electrons. The number of hydrogen-bond donors (Lipinski definition) is 1. The highest BCUT2D eigenvalue weighted by Crippen LogP contribution is 2.22. The molecule has 0 radical (unpaired) electrons. The van der Waals surface area contributed by atoms with E-state index >= 15 is 0 Å². The zero-order valence-electron chi connectivity index (χ0n) is 12.0. The molecule has 0 aliphatic carbocycles. The summed E-state index contributed by atoms with van der Waals surface area (Å²) in [4.78, 5) is 2.30. The third kappa shape index (κ3) is 3.46. The van der Waals surface area contributed by atoms with Crippen LogP contribution in [0.3, 0.4) is 0 Å². The summed E-state index contributed by atoms with van der Waals surface area (Å²) < 4.78 is 1.99. The van der Waals surface area contributed by atoms with Crippen LogP contribution in [-0.2, 0) is 13.6 Å². The van der Waals surface area contributed by atoms with Crippen LogP contribution >= 0.6 is 0 Å². The van der Waals surface area contributed by atoms with Crippen molar-refractivity contribution in [2.45, 2.75) is 34.2 Å². The second-order valence-corrected chi connectivity index (χ2v) is 5.07. The van der Waals surface area contributed by atoms with Gasteiger partial charge < -0.3 is 10.2 Å². The predicted octanol–water partition coefficient (Wildman–Crippen LogP) is 1.93. The number of aromatic nitrogens is 2. The van der Waals surface area contributed by atoms with E-state index < -0.39 is 0 Å². The van der Waals surface area contributed by atoms with Crippen molar-refractivity contribution < 1.29 is 0 Å². The van der Waals surface area contributed by atoms with Crippen molar-refractivity contribution in [3.05, 3.63) is 11.3 Å². The van der Waals surface area contributed by atoms with E-state index in [1.54, 1.807) is 0 Å². The molecule has 1 N–H and O–H groups in total. The van der Waals surface area contributed by atoms with E-state index in [9.17, 15) is 0 Å². The van der Waals surface area contributed by atoms with Crippen molar-refractivity contribution >= 4 is 5.82 Å². The molecule has 0 bridgehead atoms. The van der Waals surface area contributed by atoms with Gasteiger partial charge in [-0.2, -0.15) is 5.10 Å². The van der Waals surface area contributed by atoms with Crippen molar-refractivity contribution in [2.24, 2.45) is 13.0 Å². The lowest BCUT2D eigenvalue weighted by Gasteiger charge is -2.23. The molecule has 0 unspecified atom stereocenters. The lowest BCUT2D eigenvalue weighted by molar-refractivity contribution is 0.616. The third-order valence-electron chi connectivity index (χ3n) is 2.87. The summed E-state index contributed by atoms with van der Waals surface area (Å²) in [5.74, 6) is 1.89. The molecule has 0 fully saturated rings. The Kier molecular flexibility index (Phi) is 5.00. The Balaban J connectivity index is 2.95. The first kappa shape index (κ1) is 14.0. The van der Waals surface area contributed by atoms with Crippen LogP contribution in [0.15, 0.2) is 0 Å². The molecule has 0 atom stereocenters. The summed E-state index contributed by atoms with van der Waals surface area (Å²) in [6.45, 7) is 11.6. The van der Waals surface area contributed by atoms with Crippen molar-refractivity contribution in [1.29, 1.82) is 0 Å². The normalized spacial score (nSPS) is 11.2. The number of anilines is 1. The molecule has 0 spiro atoms. The molecule has 0 aromatic carbocycles. The van der Waals surface area contributed by atoms with Crippen molar-refractivity contribution in [1.82, 2.24) is 15.1 Å². The topological polar surface area (TPSA) is 33.1 Å². The van der Waals surface area contributed by atoms with Crippen LogP contribution < -0.4 is 10.2 Å². The van der Waals surface area contributed by atoms with Gasteiger partial charge in [0.15, 0.2) is 0 Å². The summed E-state index contributed by atoms with van der Waals surface area (Å²) in [5.41, 5.74) is 2.44. The minimum Gasteiger partial charge on any atom is -0.359 e. The van der Waals surface area contributed by atoms with Crippen LogP contribution in [0.4, 0.5) is 5.82 Å². The first-order valence-corrected chi connectivity index (χ1v) is 6.41. The molecule has 0 aliphatic rings. The summed E-state index contributed by atoms with van der Waals surface area (Å²) in [6, 6.07) is 0. The fourth-order valence-corrected chi connectivity index (χ4v) is 2.26. The lowest BCUT2D eigenvalue weighted by Crippen LogP contribution is -2.26. The van der Waals surface area contributed by atoms with Gasteiger partial charge in [0.1, 0.15) is 5.82 Å². The Labute approximate surface area is 105 Å². The minimum atomic E-state index is 0.655. The highest BCUT2D eigenvalue weighted by atomic mass is 15.4. The van der Waals surface area contributed by atoms with Gasteiger partial charge in [-0.15, -0.1) is 0 Å². The Morgan fingerprint density at radius 3 is 2.59 bits per heavy atom. The minimum absolute atomic E-state index is 0.655. The SMILES string of the molecule is CCNCc1c(C)nn(C)c1N(C)CC(C)C. The smallest absolute Gasteiger partial charge is 0.131 e. The van der Waals surface area contributed by atoms with Crippen LogP contribution in [-0.4, -0.2) is 29.9 Å².